The fourth-order valence-corrected chi connectivity index (χ4v) is 5.36. The van der Waals surface area contributed by atoms with E-state index in [0.29, 0.717) is 0 Å². The minimum Gasteiger partial charge on any atom is -0.468 e. The van der Waals surface area contributed by atoms with Crippen molar-refractivity contribution in [2.45, 2.75) is 58.3 Å². The van der Waals surface area contributed by atoms with E-state index in [9.17, 15) is 33.6 Å². The second-order valence-corrected chi connectivity index (χ2v) is 11.0. The summed E-state index contributed by atoms with van der Waals surface area (Å²) >= 11 is 0. The summed E-state index contributed by atoms with van der Waals surface area (Å²) in [5.41, 5.74) is 2.70. The standard InChI is InChI=1S/C23H35N4O13P/c1-12(21(32)36-6)26-41(34,39-11-23(13(2)28,14(3)29)10-37-15(4)30)38-9-16-18(31)19(35-5)20(40-16)27-8-7-17(24)25-22(27)33/h7-8,12,16,18-20,31H,9-11H2,1-6H3,(H,26,34)(H2,24,25,33). The molecule has 17 nitrogen and oxygen atoms in total. The molecule has 1 aromatic rings. The number of ether oxygens (including phenoxy) is 4. The number of nitrogen functional groups attached to an aromatic ring is 1. The Morgan fingerprint density at radius 2 is 1.83 bits per heavy atom. The molecule has 0 saturated carbocycles. The fourth-order valence-electron chi connectivity index (χ4n) is 3.82. The Labute approximate surface area is 235 Å². The number of anilines is 1. The van der Waals surface area contributed by atoms with Gasteiger partial charge in [-0.05, 0) is 26.8 Å². The van der Waals surface area contributed by atoms with Gasteiger partial charge in [0.1, 0.15) is 53.8 Å². The van der Waals surface area contributed by atoms with Crippen molar-refractivity contribution in [3.63, 3.8) is 0 Å². The smallest absolute Gasteiger partial charge is 0.406 e. The molecule has 1 saturated heterocycles. The topological polar surface area (TPSA) is 234 Å². The van der Waals surface area contributed by atoms with E-state index in [1.807, 2.05) is 0 Å². The molecule has 4 N–H and O–H groups in total. The number of esters is 2. The number of nitrogens with zero attached hydrogens (tertiary/aromatic N) is 2. The Balaban J connectivity index is 2.33. The average Bonchev–Trinajstić information content (AvgIpc) is 3.21. The van der Waals surface area contributed by atoms with Crippen LogP contribution in [-0.4, -0.2) is 96.6 Å². The number of aliphatic hydroxyl groups is 1. The fraction of sp³-hybridized carbons (Fsp3) is 0.652. The maximum Gasteiger partial charge on any atom is 0.406 e. The molecule has 0 aromatic carbocycles. The Hall–Kier alpha value is -3.05. The lowest BCUT2D eigenvalue weighted by molar-refractivity contribution is -0.154. The molecule has 18 heteroatoms. The van der Waals surface area contributed by atoms with Gasteiger partial charge in [-0.25, -0.2) is 14.4 Å². The van der Waals surface area contributed by atoms with E-state index in [1.165, 1.54) is 26.3 Å². The van der Waals surface area contributed by atoms with Crippen LogP contribution in [0.1, 0.15) is 33.9 Å². The van der Waals surface area contributed by atoms with Crippen LogP contribution in [0.15, 0.2) is 17.1 Å². The third-order valence-corrected chi connectivity index (χ3v) is 8.04. The summed E-state index contributed by atoms with van der Waals surface area (Å²) in [5, 5.41) is 13.1. The summed E-state index contributed by atoms with van der Waals surface area (Å²) in [6, 6.07) is 0.0663. The van der Waals surface area contributed by atoms with E-state index < -0.39 is 92.8 Å². The first-order valence-corrected chi connectivity index (χ1v) is 13.8. The van der Waals surface area contributed by atoms with Crippen LogP contribution in [0.3, 0.4) is 0 Å². The van der Waals surface area contributed by atoms with Gasteiger partial charge in [0, 0.05) is 20.2 Å². The number of hydrogen-bond donors (Lipinski definition) is 3. The van der Waals surface area contributed by atoms with Crippen molar-refractivity contribution in [2.75, 3.05) is 39.8 Å². The number of Topliss-reactive ketones (excluding diaryl/α,β-unsaturated/α-hetero) is 2. The number of rotatable bonds is 15. The lowest BCUT2D eigenvalue weighted by atomic mass is 9.82. The average molecular weight is 607 g/mol. The van der Waals surface area contributed by atoms with E-state index in [-0.39, 0.29) is 5.82 Å². The molecule has 41 heavy (non-hydrogen) atoms. The summed E-state index contributed by atoms with van der Waals surface area (Å²) in [4.78, 5) is 64.3. The second kappa shape index (κ2) is 14.2. The Bertz CT molecular complexity index is 1220. The van der Waals surface area contributed by atoms with Gasteiger partial charge in [0.15, 0.2) is 6.23 Å². The van der Waals surface area contributed by atoms with Crippen LogP contribution < -0.4 is 16.5 Å². The highest BCUT2D eigenvalue weighted by Gasteiger charge is 2.48. The van der Waals surface area contributed by atoms with Crippen LogP contribution >= 0.6 is 7.75 Å². The van der Waals surface area contributed by atoms with E-state index in [1.54, 1.807) is 0 Å². The lowest BCUT2D eigenvalue weighted by Crippen LogP contribution is -2.46. The molecule has 6 unspecified atom stereocenters. The highest BCUT2D eigenvalue weighted by Crippen LogP contribution is 2.47. The van der Waals surface area contributed by atoms with E-state index in [2.05, 4.69) is 14.8 Å². The van der Waals surface area contributed by atoms with Crippen molar-refractivity contribution in [1.82, 2.24) is 14.6 Å². The predicted octanol–water partition coefficient (Wildman–Crippen LogP) is -0.881. The molecule has 0 aliphatic carbocycles. The number of aromatic nitrogens is 2. The number of ketones is 2. The molecular formula is C23H35N4O13P. The summed E-state index contributed by atoms with van der Waals surface area (Å²) in [5.74, 6) is -3.17. The van der Waals surface area contributed by atoms with Gasteiger partial charge in [-0.3, -0.25) is 32.8 Å². The minimum absolute atomic E-state index is 0.0385. The third-order valence-electron chi connectivity index (χ3n) is 6.38. The molecule has 0 spiro atoms. The maximum atomic E-state index is 13.8. The number of nitrogens with one attached hydrogen (secondary N) is 1. The monoisotopic (exact) mass is 606 g/mol. The van der Waals surface area contributed by atoms with Crippen molar-refractivity contribution in [2.24, 2.45) is 5.41 Å². The van der Waals surface area contributed by atoms with Gasteiger partial charge in [-0.1, -0.05) is 0 Å². The number of carbonyl (C=O) groups excluding carboxylic acids is 4. The molecule has 0 bridgehead atoms. The zero-order valence-corrected chi connectivity index (χ0v) is 24.3. The molecule has 0 radical (unpaired) electrons. The van der Waals surface area contributed by atoms with Crippen LogP contribution in [0.2, 0.25) is 0 Å². The molecule has 1 aliphatic heterocycles. The number of nitrogens with two attached hydrogens (primary N) is 1. The van der Waals surface area contributed by atoms with E-state index in [0.717, 1.165) is 32.4 Å². The maximum absolute atomic E-state index is 13.8. The first-order chi connectivity index (χ1) is 19.1. The highest BCUT2D eigenvalue weighted by atomic mass is 31.2. The summed E-state index contributed by atoms with van der Waals surface area (Å²) in [6.07, 6.45) is -3.66. The molecule has 1 aliphatic rings. The summed E-state index contributed by atoms with van der Waals surface area (Å²) in [6.45, 7) is 2.26. The van der Waals surface area contributed by atoms with Crippen molar-refractivity contribution >= 4 is 37.1 Å². The predicted molar refractivity (Wildman–Crippen MR) is 138 cm³/mol. The molecule has 6 atom stereocenters. The van der Waals surface area contributed by atoms with Crippen molar-refractivity contribution in [1.29, 1.82) is 0 Å². The number of carbonyl (C=O) groups is 4. The number of aliphatic hydroxyl groups excluding tert-OH is 1. The van der Waals surface area contributed by atoms with Crippen molar-refractivity contribution in [3.8, 4) is 0 Å². The van der Waals surface area contributed by atoms with Crippen LogP contribution in [0.5, 0.6) is 0 Å². The molecule has 2 heterocycles. The quantitative estimate of drug-likeness (QED) is 0.125. The zero-order valence-electron chi connectivity index (χ0n) is 23.4. The third kappa shape index (κ3) is 8.25. The van der Waals surface area contributed by atoms with Gasteiger partial charge in [0.05, 0.1) is 20.3 Å². The van der Waals surface area contributed by atoms with Crippen molar-refractivity contribution in [3.05, 3.63) is 22.7 Å². The highest BCUT2D eigenvalue weighted by molar-refractivity contribution is 7.51. The van der Waals surface area contributed by atoms with Gasteiger partial charge in [-0.2, -0.15) is 4.98 Å². The largest absolute Gasteiger partial charge is 0.468 e. The van der Waals surface area contributed by atoms with Gasteiger partial charge >= 0.3 is 25.4 Å². The Kier molecular flexibility index (Phi) is 11.8. The lowest BCUT2D eigenvalue weighted by Gasteiger charge is -2.30. The molecular weight excluding hydrogens is 571 g/mol. The molecule has 1 fully saturated rings. The Morgan fingerprint density at radius 3 is 2.34 bits per heavy atom. The normalized spacial score (nSPS) is 22.9. The first kappa shape index (κ1) is 34.2. The second-order valence-electron chi connectivity index (χ2n) is 9.21. The summed E-state index contributed by atoms with van der Waals surface area (Å²) < 4.78 is 46.3. The van der Waals surface area contributed by atoms with Crippen LogP contribution in [-0.2, 0) is 51.7 Å². The zero-order chi connectivity index (χ0) is 31.1. The number of hydrogen-bond acceptors (Lipinski definition) is 15. The van der Waals surface area contributed by atoms with Gasteiger partial charge in [0.2, 0.25) is 0 Å². The first-order valence-electron chi connectivity index (χ1n) is 12.2. The molecule has 2 rings (SSSR count). The van der Waals surface area contributed by atoms with Gasteiger partial charge in [0.25, 0.3) is 0 Å². The van der Waals surface area contributed by atoms with E-state index in [4.69, 9.17) is 29.0 Å². The summed E-state index contributed by atoms with van der Waals surface area (Å²) in [7, 11) is -2.25. The van der Waals surface area contributed by atoms with Crippen LogP contribution in [0.4, 0.5) is 5.82 Å². The minimum atomic E-state index is -4.61. The SMILES string of the molecule is COC(=O)C(C)NP(=O)(OCC1OC(n2ccc(N)nc2=O)C(OC)C1O)OCC(COC(C)=O)(C(C)=O)C(C)=O. The molecule has 0 amide bonds. The molecule has 230 valence electrons. The van der Waals surface area contributed by atoms with Crippen molar-refractivity contribution < 1.29 is 56.8 Å². The van der Waals surface area contributed by atoms with Crippen LogP contribution in [0, 0.1) is 5.41 Å². The molecule has 1 aromatic heterocycles. The Morgan fingerprint density at radius 1 is 1.20 bits per heavy atom. The number of methoxy groups -OCH3 is 2. The van der Waals surface area contributed by atoms with Crippen LogP contribution in [0.25, 0.3) is 0 Å². The van der Waals surface area contributed by atoms with Gasteiger partial charge < -0.3 is 29.8 Å². The van der Waals surface area contributed by atoms with E-state index >= 15 is 0 Å². The van der Waals surface area contributed by atoms with Gasteiger partial charge in [-0.15, -0.1) is 0 Å².